The van der Waals surface area contributed by atoms with Crippen LogP contribution in [0.15, 0.2) is 76.3 Å². The average Bonchev–Trinajstić information content (AvgIpc) is 2.86. The van der Waals surface area contributed by atoms with Gasteiger partial charge in [0.2, 0.25) is 0 Å². The highest BCUT2D eigenvalue weighted by atomic mass is 19.1. The van der Waals surface area contributed by atoms with Crippen LogP contribution < -0.4 is 21.7 Å². The maximum Gasteiger partial charge on any atom is 0.347 e. The number of halogens is 3. The van der Waals surface area contributed by atoms with Gasteiger partial charge in [0.15, 0.2) is 17.3 Å². The van der Waals surface area contributed by atoms with E-state index in [0.717, 1.165) is 21.4 Å². The summed E-state index contributed by atoms with van der Waals surface area (Å²) in [5.41, 5.74) is 3.93. The molecule has 0 saturated heterocycles. The lowest BCUT2D eigenvalue weighted by Crippen LogP contribution is -2.44. The first kappa shape index (κ1) is 24.0. The second-order valence-corrected chi connectivity index (χ2v) is 7.74. The van der Waals surface area contributed by atoms with Crippen molar-refractivity contribution in [3.63, 3.8) is 0 Å². The number of nitrogens with zero attached hydrogens (tertiary/aromatic N) is 3. The van der Waals surface area contributed by atoms with E-state index in [4.69, 9.17) is 10.5 Å². The molecule has 0 aliphatic rings. The van der Waals surface area contributed by atoms with E-state index >= 15 is 4.39 Å². The van der Waals surface area contributed by atoms with Gasteiger partial charge in [-0.3, -0.25) is 9.36 Å². The summed E-state index contributed by atoms with van der Waals surface area (Å²) in [5.74, 6) is -2.81. The van der Waals surface area contributed by atoms with E-state index in [2.05, 4.69) is 5.10 Å². The Morgan fingerprint density at radius 1 is 0.943 bits per heavy atom. The number of hydrogen-bond donors (Lipinski definition) is 1. The largest absolute Gasteiger partial charge is 0.494 e. The van der Waals surface area contributed by atoms with E-state index < -0.39 is 52.5 Å². The van der Waals surface area contributed by atoms with Crippen LogP contribution in [0.5, 0.6) is 5.75 Å². The highest BCUT2D eigenvalue weighted by molar-refractivity contribution is 5.61. The molecule has 0 spiro atoms. The number of methoxy groups -OCH3 is 1. The summed E-state index contributed by atoms with van der Waals surface area (Å²) in [6, 6.07) is 15.3. The molecule has 3 aromatic carbocycles. The maximum absolute atomic E-state index is 15.0. The van der Waals surface area contributed by atoms with Gasteiger partial charge in [0.25, 0.3) is 5.56 Å². The molecule has 1 aromatic heterocycles. The molecule has 4 aromatic rings. The van der Waals surface area contributed by atoms with Crippen molar-refractivity contribution in [2.45, 2.75) is 19.1 Å². The van der Waals surface area contributed by atoms with Gasteiger partial charge >= 0.3 is 5.69 Å². The van der Waals surface area contributed by atoms with Gasteiger partial charge < -0.3 is 10.5 Å². The van der Waals surface area contributed by atoms with Crippen molar-refractivity contribution in [1.29, 1.82) is 0 Å². The minimum absolute atomic E-state index is 0.144. The van der Waals surface area contributed by atoms with E-state index in [1.54, 1.807) is 30.3 Å². The molecular formula is C25H21F3N4O3. The fourth-order valence-corrected chi connectivity index (χ4v) is 3.68. The highest BCUT2D eigenvalue weighted by Crippen LogP contribution is 2.26. The molecule has 0 radical (unpaired) electrons. The number of benzene rings is 3. The number of aromatic nitrogens is 3. The number of ether oxygens (including phenoxy) is 1. The molecule has 180 valence electrons. The first-order valence-electron chi connectivity index (χ1n) is 10.6. The molecule has 4 rings (SSSR count). The zero-order chi connectivity index (χ0) is 25.1. The topological polar surface area (TPSA) is 92.1 Å². The molecule has 10 heteroatoms. The van der Waals surface area contributed by atoms with E-state index in [1.165, 1.54) is 31.4 Å². The lowest BCUT2D eigenvalue weighted by atomic mass is 10.1. The Kier molecular flexibility index (Phi) is 6.83. The molecule has 0 fully saturated rings. The predicted octanol–water partition coefficient (Wildman–Crippen LogP) is 3.25. The van der Waals surface area contributed by atoms with E-state index in [1.807, 2.05) is 0 Å². The van der Waals surface area contributed by atoms with Crippen LogP contribution >= 0.6 is 0 Å². The van der Waals surface area contributed by atoms with Crippen molar-refractivity contribution in [1.82, 2.24) is 14.3 Å². The normalized spacial score (nSPS) is 11.9. The van der Waals surface area contributed by atoms with Crippen LogP contribution in [0.2, 0.25) is 0 Å². The van der Waals surface area contributed by atoms with Gasteiger partial charge in [-0.1, -0.05) is 42.5 Å². The van der Waals surface area contributed by atoms with Gasteiger partial charge in [0.1, 0.15) is 11.6 Å². The van der Waals surface area contributed by atoms with Gasteiger partial charge in [0, 0.05) is 17.2 Å². The van der Waals surface area contributed by atoms with Gasteiger partial charge in [-0.15, -0.1) is 0 Å². The van der Waals surface area contributed by atoms with Crippen LogP contribution in [0.1, 0.15) is 17.2 Å². The molecule has 0 saturated carbocycles. The van der Waals surface area contributed by atoms with Crippen molar-refractivity contribution in [2.24, 2.45) is 5.73 Å². The van der Waals surface area contributed by atoms with Crippen molar-refractivity contribution in [3.05, 3.63) is 116 Å². The van der Waals surface area contributed by atoms with Crippen molar-refractivity contribution >= 4 is 0 Å². The predicted molar refractivity (Wildman–Crippen MR) is 124 cm³/mol. The SMILES string of the molecule is COc1cccc(-c2nn(Cc3c(F)cccc3F)c(=O)n(C[C@H](N)c3ccccc3)c2=O)c1F. The van der Waals surface area contributed by atoms with Gasteiger partial charge in [0.05, 0.1) is 20.2 Å². The van der Waals surface area contributed by atoms with Crippen LogP contribution in [-0.4, -0.2) is 21.5 Å². The van der Waals surface area contributed by atoms with Crippen LogP contribution in [0.25, 0.3) is 11.3 Å². The summed E-state index contributed by atoms with van der Waals surface area (Å²) < 4.78 is 50.2. The Balaban J connectivity index is 1.91. The number of nitrogens with two attached hydrogens (primary N) is 1. The molecule has 1 atom stereocenters. The van der Waals surface area contributed by atoms with E-state index in [9.17, 15) is 18.4 Å². The minimum Gasteiger partial charge on any atom is -0.494 e. The molecule has 0 amide bonds. The van der Waals surface area contributed by atoms with Gasteiger partial charge in [-0.05, 0) is 29.8 Å². The second-order valence-electron chi connectivity index (χ2n) is 7.74. The Morgan fingerprint density at radius 2 is 1.60 bits per heavy atom. The maximum atomic E-state index is 15.0. The Hall–Kier alpha value is -4.18. The molecule has 35 heavy (non-hydrogen) atoms. The zero-order valence-electron chi connectivity index (χ0n) is 18.6. The molecule has 0 aliphatic carbocycles. The monoisotopic (exact) mass is 482 g/mol. The van der Waals surface area contributed by atoms with E-state index in [-0.39, 0.29) is 17.9 Å². The molecule has 0 bridgehead atoms. The third-order valence-electron chi connectivity index (χ3n) is 5.54. The molecule has 0 unspecified atom stereocenters. The third kappa shape index (κ3) is 4.73. The number of hydrogen-bond acceptors (Lipinski definition) is 5. The quantitative estimate of drug-likeness (QED) is 0.437. The molecular weight excluding hydrogens is 461 g/mol. The van der Waals surface area contributed by atoms with Crippen LogP contribution in [0.3, 0.4) is 0 Å². The fourth-order valence-electron chi connectivity index (χ4n) is 3.68. The lowest BCUT2D eigenvalue weighted by Gasteiger charge is -2.17. The molecule has 7 nitrogen and oxygen atoms in total. The molecule has 2 N–H and O–H groups in total. The Morgan fingerprint density at radius 3 is 2.26 bits per heavy atom. The Bertz CT molecular complexity index is 1470. The molecule has 0 aliphatic heterocycles. The third-order valence-corrected chi connectivity index (χ3v) is 5.54. The second kappa shape index (κ2) is 9.98. The molecule has 1 heterocycles. The first-order valence-corrected chi connectivity index (χ1v) is 10.6. The summed E-state index contributed by atoms with van der Waals surface area (Å²) in [5, 5.41) is 4.00. The summed E-state index contributed by atoms with van der Waals surface area (Å²) in [6.45, 7) is -0.903. The summed E-state index contributed by atoms with van der Waals surface area (Å²) in [4.78, 5) is 26.5. The van der Waals surface area contributed by atoms with Crippen LogP contribution in [-0.2, 0) is 13.1 Å². The van der Waals surface area contributed by atoms with Gasteiger partial charge in [-0.2, -0.15) is 5.10 Å². The van der Waals surface area contributed by atoms with Crippen molar-refractivity contribution in [2.75, 3.05) is 7.11 Å². The fraction of sp³-hybridized carbons (Fsp3) is 0.160. The van der Waals surface area contributed by atoms with Crippen molar-refractivity contribution < 1.29 is 17.9 Å². The van der Waals surface area contributed by atoms with Crippen LogP contribution in [0, 0.1) is 17.5 Å². The number of rotatable bonds is 7. The summed E-state index contributed by atoms with van der Waals surface area (Å²) in [6.07, 6.45) is 0. The minimum atomic E-state index is -0.948. The summed E-state index contributed by atoms with van der Waals surface area (Å²) in [7, 11) is 1.26. The van der Waals surface area contributed by atoms with Crippen LogP contribution in [0.4, 0.5) is 13.2 Å². The zero-order valence-corrected chi connectivity index (χ0v) is 18.6. The smallest absolute Gasteiger partial charge is 0.347 e. The standard InChI is InChI=1S/C25H21F3N4O3/c1-35-21-12-5-9-16(22(21)28)23-24(33)31(14-20(29)15-7-3-2-4-8-15)25(34)32(30-23)13-17-18(26)10-6-11-19(17)27/h2-12,20H,13-14,29H2,1H3/t20-/m0/s1. The summed E-state index contributed by atoms with van der Waals surface area (Å²) >= 11 is 0. The first-order chi connectivity index (χ1) is 16.8. The van der Waals surface area contributed by atoms with E-state index in [0.29, 0.717) is 5.56 Å². The Labute approximate surface area is 197 Å². The average molecular weight is 482 g/mol. The van der Waals surface area contributed by atoms with Gasteiger partial charge in [-0.25, -0.2) is 22.6 Å². The lowest BCUT2D eigenvalue weighted by molar-refractivity contribution is 0.387. The van der Waals surface area contributed by atoms with Crippen molar-refractivity contribution in [3.8, 4) is 17.0 Å². The highest BCUT2D eigenvalue weighted by Gasteiger charge is 2.22.